The Kier molecular flexibility index (Phi) is 4.71. The molecule has 0 radical (unpaired) electrons. The van der Waals surface area contributed by atoms with Crippen molar-refractivity contribution < 1.29 is 4.79 Å². The molecular weight excluding hydrogens is 274 g/mol. The van der Waals surface area contributed by atoms with Crippen molar-refractivity contribution in [1.82, 2.24) is 5.32 Å². The van der Waals surface area contributed by atoms with Gasteiger partial charge in [-0.05, 0) is 61.7 Å². The van der Waals surface area contributed by atoms with Gasteiger partial charge in [0.15, 0.2) is 0 Å². The second kappa shape index (κ2) is 7.09. The molecule has 1 saturated carbocycles. The zero-order chi connectivity index (χ0) is 15.2. The number of anilines is 3. The van der Waals surface area contributed by atoms with Gasteiger partial charge in [0.1, 0.15) is 0 Å². The van der Waals surface area contributed by atoms with Crippen LogP contribution in [-0.4, -0.2) is 19.0 Å². The predicted octanol–water partition coefficient (Wildman–Crippen LogP) is 3.37. The van der Waals surface area contributed by atoms with E-state index in [0.717, 1.165) is 29.5 Å². The molecule has 114 valence electrons. The van der Waals surface area contributed by atoms with Crippen LogP contribution in [-0.2, 0) is 4.79 Å². The van der Waals surface area contributed by atoms with Crippen molar-refractivity contribution in [3.63, 3.8) is 0 Å². The molecule has 0 aromatic heterocycles. The normalized spacial score (nSPS) is 13.6. The molecular formula is C18H21N3O. The van der Waals surface area contributed by atoms with E-state index in [2.05, 4.69) is 16.0 Å². The van der Waals surface area contributed by atoms with Crippen molar-refractivity contribution in [2.75, 3.05) is 23.7 Å². The molecule has 1 amide bonds. The van der Waals surface area contributed by atoms with E-state index < -0.39 is 0 Å². The Bertz CT molecular complexity index is 606. The molecule has 0 aliphatic heterocycles. The highest BCUT2D eigenvalue weighted by atomic mass is 16.1. The van der Waals surface area contributed by atoms with E-state index in [1.165, 1.54) is 12.8 Å². The van der Waals surface area contributed by atoms with Crippen molar-refractivity contribution in [2.45, 2.75) is 12.8 Å². The zero-order valence-corrected chi connectivity index (χ0v) is 12.5. The van der Waals surface area contributed by atoms with Gasteiger partial charge in [0.05, 0.1) is 6.54 Å². The highest BCUT2D eigenvalue weighted by molar-refractivity contribution is 5.92. The Morgan fingerprint density at radius 1 is 0.909 bits per heavy atom. The molecule has 3 rings (SSSR count). The number of carbonyl (C=O) groups is 1. The SMILES string of the molecule is O=C(CNCC1CC1)Nc1ccc(Nc2ccccc2)cc1. The topological polar surface area (TPSA) is 53.2 Å². The molecule has 2 aromatic carbocycles. The molecule has 0 unspecified atom stereocenters. The summed E-state index contributed by atoms with van der Waals surface area (Å²) in [5.74, 6) is 0.792. The molecule has 4 heteroatoms. The second-order valence-electron chi connectivity index (χ2n) is 5.69. The molecule has 1 aliphatic carbocycles. The largest absolute Gasteiger partial charge is 0.356 e. The third-order valence-electron chi connectivity index (χ3n) is 3.65. The van der Waals surface area contributed by atoms with Gasteiger partial charge >= 0.3 is 0 Å². The van der Waals surface area contributed by atoms with E-state index in [9.17, 15) is 4.79 Å². The van der Waals surface area contributed by atoms with Crippen molar-refractivity contribution >= 4 is 23.0 Å². The van der Waals surface area contributed by atoms with Crippen LogP contribution in [0.4, 0.5) is 17.1 Å². The summed E-state index contributed by atoms with van der Waals surface area (Å²) in [6, 6.07) is 17.7. The maximum absolute atomic E-state index is 11.8. The van der Waals surface area contributed by atoms with E-state index in [4.69, 9.17) is 0 Å². The maximum Gasteiger partial charge on any atom is 0.238 e. The van der Waals surface area contributed by atoms with Crippen LogP contribution in [0.3, 0.4) is 0 Å². The number of hydrogen-bond donors (Lipinski definition) is 3. The summed E-state index contributed by atoms with van der Waals surface area (Å²) in [6.45, 7) is 1.33. The lowest BCUT2D eigenvalue weighted by Gasteiger charge is -2.09. The van der Waals surface area contributed by atoms with Gasteiger partial charge in [-0.1, -0.05) is 18.2 Å². The van der Waals surface area contributed by atoms with Crippen LogP contribution in [0.1, 0.15) is 12.8 Å². The smallest absolute Gasteiger partial charge is 0.238 e. The molecule has 0 atom stereocenters. The maximum atomic E-state index is 11.8. The quantitative estimate of drug-likeness (QED) is 0.734. The highest BCUT2D eigenvalue weighted by Crippen LogP contribution is 2.27. The fraction of sp³-hybridized carbons (Fsp3) is 0.278. The molecule has 0 bridgehead atoms. The summed E-state index contributed by atoms with van der Waals surface area (Å²) in [7, 11) is 0. The van der Waals surface area contributed by atoms with Gasteiger partial charge in [0.25, 0.3) is 0 Å². The predicted molar refractivity (Wildman–Crippen MR) is 90.4 cm³/mol. The molecule has 1 fully saturated rings. The van der Waals surface area contributed by atoms with Crippen LogP contribution in [0.15, 0.2) is 54.6 Å². The molecule has 3 N–H and O–H groups in total. The van der Waals surface area contributed by atoms with Gasteiger partial charge in [-0.2, -0.15) is 0 Å². The molecule has 0 saturated heterocycles. The number of amides is 1. The van der Waals surface area contributed by atoms with E-state index in [0.29, 0.717) is 6.54 Å². The lowest BCUT2D eigenvalue weighted by Crippen LogP contribution is -2.29. The van der Waals surface area contributed by atoms with Gasteiger partial charge in [-0.15, -0.1) is 0 Å². The Hall–Kier alpha value is -2.33. The number of carbonyl (C=O) groups excluding carboxylic acids is 1. The van der Waals surface area contributed by atoms with Gasteiger partial charge < -0.3 is 16.0 Å². The van der Waals surface area contributed by atoms with Crippen LogP contribution < -0.4 is 16.0 Å². The third kappa shape index (κ3) is 4.60. The van der Waals surface area contributed by atoms with Crippen molar-refractivity contribution in [1.29, 1.82) is 0 Å². The zero-order valence-electron chi connectivity index (χ0n) is 12.5. The van der Waals surface area contributed by atoms with Gasteiger partial charge in [-0.3, -0.25) is 4.79 Å². The minimum absolute atomic E-state index is 0.00409. The van der Waals surface area contributed by atoms with Crippen LogP contribution in [0.5, 0.6) is 0 Å². The van der Waals surface area contributed by atoms with Crippen molar-refractivity contribution in [2.24, 2.45) is 5.92 Å². The Morgan fingerprint density at radius 2 is 1.55 bits per heavy atom. The molecule has 22 heavy (non-hydrogen) atoms. The van der Waals surface area contributed by atoms with E-state index in [1.54, 1.807) is 0 Å². The summed E-state index contributed by atoms with van der Waals surface area (Å²) in [5, 5.41) is 9.40. The summed E-state index contributed by atoms with van der Waals surface area (Å²) in [4.78, 5) is 11.8. The summed E-state index contributed by atoms with van der Waals surface area (Å²) < 4.78 is 0. The van der Waals surface area contributed by atoms with Gasteiger partial charge in [-0.25, -0.2) is 0 Å². The summed E-state index contributed by atoms with van der Waals surface area (Å²) >= 11 is 0. The molecule has 2 aromatic rings. The lowest BCUT2D eigenvalue weighted by atomic mass is 10.2. The molecule has 1 aliphatic rings. The molecule has 0 spiro atoms. The van der Waals surface area contributed by atoms with Crippen LogP contribution in [0.25, 0.3) is 0 Å². The average Bonchev–Trinajstić information content (AvgIpc) is 3.35. The number of benzene rings is 2. The van der Waals surface area contributed by atoms with Crippen LogP contribution in [0.2, 0.25) is 0 Å². The first-order valence-electron chi connectivity index (χ1n) is 7.72. The number of para-hydroxylation sites is 1. The van der Waals surface area contributed by atoms with Gasteiger partial charge in [0, 0.05) is 17.1 Å². The number of rotatable bonds is 7. The molecule has 4 nitrogen and oxygen atoms in total. The fourth-order valence-electron chi connectivity index (χ4n) is 2.24. The Labute approximate surface area is 130 Å². The lowest BCUT2D eigenvalue weighted by molar-refractivity contribution is -0.115. The van der Waals surface area contributed by atoms with Crippen LogP contribution >= 0.6 is 0 Å². The number of hydrogen-bond acceptors (Lipinski definition) is 3. The Balaban J connectivity index is 1.47. The fourth-order valence-corrected chi connectivity index (χ4v) is 2.24. The first-order chi connectivity index (χ1) is 10.8. The van der Waals surface area contributed by atoms with E-state index >= 15 is 0 Å². The summed E-state index contributed by atoms with van der Waals surface area (Å²) in [6.07, 6.45) is 2.59. The first-order valence-corrected chi connectivity index (χ1v) is 7.72. The van der Waals surface area contributed by atoms with Crippen LogP contribution in [0, 0.1) is 5.92 Å². The minimum Gasteiger partial charge on any atom is -0.356 e. The minimum atomic E-state index is 0.00409. The first kappa shape index (κ1) is 14.6. The van der Waals surface area contributed by atoms with Crippen molar-refractivity contribution in [3.8, 4) is 0 Å². The number of nitrogens with one attached hydrogen (secondary N) is 3. The standard InChI is InChI=1S/C18H21N3O/c22-18(13-19-12-14-6-7-14)21-17-10-8-16(9-11-17)20-15-4-2-1-3-5-15/h1-5,8-11,14,19-20H,6-7,12-13H2,(H,21,22). The third-order valence-corrected chi connectivity index (χ3v) is 3.65. The summed E-state index contributed by atoms with van der Waals surface area (Å²) in [5.41, 5.74) is 2.86. The monoisotopic (exact) mass is 295 g/mol. The van der Waals surface area contributed by atoms with Crippen molar-refractivity contribution in [3.05, 3.63) is 54.6 Å². The van der Waals surface area contributed by atoms with E-state index in [-0.39, 0.29) is 5.91 Å². The average molecular weight is 295 g/mol. The second-order valence-corrected chi connectivity index (χ2v) is 5.69. The van der Waals surface area contributed by atoms with E-state index in [1.807, 2.05) is 54.6 Å². The van der Waals surface area contributed by atoms with Gasteiger partial charge in [0.2, 0.25) is 5.91 Å². The highest BCUT2D eigenvalue weighted by Gasteiger charge is 2.20. The Morgan fingerprint density at radius 3 is 2.23 bits per heavy atom. The molecule has 0 heterocycles.